The van der Waals surface area contributed by atoms with Crippen molar-refractivity contribution in [1.29, 1.82) is 0 Å². The van der Waals surface area contributed by atoms with Crippen LogP contribution < -0.4 is 9.77 Å². The van der Waals surface area contributed by atoms with Crippen molar-refractivity contribution in [2.24, 2.45) is 0 Å². The number of carbonyl (C=O) groups excluding carboxylic acids is 1. The highest BCUT2D eigenvalue weighted by atomic mass is 32.1. The lowest BCUT2D eigenvalue weighted by Gasteiger charge is -2.31. The number of carbonyl (C=O) groups is 1. The number of anilines is 1. The third kappa shape index (κ3) is 2.73. The van der Waals surface area contributed by atoms with Gasteiger partial charge in [-0.2, -0.15) is 0 Å². The van der Waals surface area contributed by atoms with Gasteiger partial charge in [0.05, 0.1) is 0 Å². The number of para-hydroxylation sites is 1. The number of fused-ring (bicyclic) bond motifs is 1. The molecule has 1 aliphatic heterocycles. The molecule has 0 aliphatic carbocycles. The molecule has 1 aromatic carbocycles. The molecule has 3 rings (SSSR count). The van der Waals surface area contributed by atoms with E-state index in [1.165, 1.54) is 16.9 Å². The summed E-state index contributed by atoms with van der Waals surface area (Å²) in [7, 11) is 0. The highest BCUT2D eigenvalue weighted by molar-refractivity contribution is 7.07. The van der Waals surface area contributed by atoms with Crippen molar-refractivity contribution < 1.29 is 4.79 Å². The minimum absolute atomic E-state index is 0.0144. The van der Waals surface area contributed by atoms with Crippen LogP contribution in [0.15, 0.2) is 28.4 Å². The molecule has 0 saturated carbocycles. The Balaban J connectivity index is 1.79. The predicted molar refractivity (Wildman–Crippen MR) is 89.8 cm³/mol. The molecule has 116 valence electrons. The monoisotopic (exact) mass is 316 g/mol. The van der Waals surface area contributed by atoms with E-state index >= 15 is 0 Å². The van der Waals surface area contributed by atoms with Crippen LogP contribution in [0.3, 0.4) is 0 Å². The number of thiazole rings is 1. The van der Waals surface area contributed by atoms with Gasteiger partial charge in [0.25, 0.3) is 0 Å². The van der Waals surface area contributed by atoms with E-state index in [0.29, 0.717) is 13.0 Å². The van der Waals surface area contributed by atoms with Gasteiger partial charge in [-0.15, -0.1) is 0 Å². The summed E-state index contributed by atoms with van der Waals surface area (Å²) in [5.74, 6) is 0.104. The Kier molecular flexibility index (Phi) is 4.16. The van der Waals surface area contributed by atoms with Gasteiger partial charge in [-0.05, 0) is 37.8 Å². The lowest BCUT2D eigenvalue weighted by atomic mass is 9.98. The Hall–Kier alpha value is -1.88. The molecule has 4 nitrogen and oxygen atoms in total. The fourth-order valence-corrected chi connectivity index (χ4v) is 3.87. The van der Waals surface area contributed by atoms with Gasteiger partial charge < -0.3 is 9.47 Å². The van der Waals surface area contributed by atoms with Crippen molar-refractivity contribution in [3.05, 3.63) is 50.1 Å². The van der Waals surface area contributed by atoms with Gasteiger partial charge >= 0.3 is 4.87 Å². The van der Waals surface area contributed by atoms with E-state index in [1.807, 2.05) is 17.2 Å². The molecular weight excluding hydrogens is 296 g/mol. The third-order valence-corrected chi connectivity index (χ3v) is 5.13. The first-order valence-electron chi connectivity index (χ1n) is 7.61. The molecule has 1 amide bonds. The fraction of sp³-hybridized carbons (Fsp3) is 0.412. The molecule has 2 aromatic rings. The number of amides is 1. The second-order valence-corrected chi connectivity index (χ2v) is 6.60. The molecule has 2 heterocycles. The lowest BCUT2D eigenvalue weighted by Crippen LogP contribution is -2.37. The second-order valence-electron chi connectivity index (χ2n) is 5.78. The number of hydrogen-bond donors (Lipinski definition) is 0. The van der Waals surface area contributed by atoms with Gasteiger partial charge in [0.15, 0.2) is 0 Å². The van der Waals surface area contributed by atoms with E-state index < -0.39 is 0 Å². The van der Waals surface area contributed by atoms with Gasteiger partial charge in [-0.1, -0.05) is 29.5 Å². The van der Waals surface area contributed by atoms with Crippen LogP contribution in [-0.2, 0) is 17.8 Å². The maximum absolute atomic E-state index is 12.6. The van der Waals surface area contributed by atoms with Crippen LogP contribution in [0.4, 0.5) is 5.69 Å². The van der Waals surface area contributed by atoms with Crippen LogP contribution >= 0.6 is 11.3 Å². The molecule has 0 spiro atoms. The molecule has 0 fully saturated rings. The molecular formula is C17H20N2O2S. The van der Waals surface area contributed by atoms with Crippen molar-refractivity contribution in [2.45, 2.75) is 39.7 Å². The van der Waals surface area contributed by atoms with Gasteiger partial charge in [0, 0.05) is 36.3 Å². The molecule has 0 bridgehead atoms. The Morgan fingerprint density at radius 1 is 1.32 bits per heavy atom. The molecule has 22 heavy (non-hydrogen) atoms. The summed E-state index contributed by atoms with van der Waals surface area (Å²) in [6, 6.07) is 6.21. The normalized spacial score (nSPS) is 14.0. The van der Waals surface area contributed by atoms with E-state index in [-0.39, 0.29) is 10.8 Å². The summed E-state index contributed by atoms with van der Waals surface area (Å²) in [4.78, 5) is 26.3. The van der Waals surface area contributed by atoms with Crippen molar-refractivity contribution in [2.75, 3.05) is 11.4 Å². The summed E-state index contributed by atoms with van der Waals surface area (Å²) in [5, 5.41) is 1.84. The van der Waals surface area contributed by atoms with Crippen molar-refractivity contribution >= 4 is 22.9 Å². The first kappa shape index (κ1) is 15.0. The van der Waals surface area contributed by atoms with Crippen LogP contribution in [0, 0.1) is 13.8 Å². The number of benzene rings is 1. The Labute approximate surface area is 134 Å². The third-order valence-electron chi connectivity index (χ3n) is 4.25. The lowest BCUT2D eigenvalue weighted by molar-refractivity contribution is -0.118. The first-order valence-corrected chi connectivity index (χ1v) is 8.49. The number of rotatable bonds is 3. The van der Waals surface area contributed by atoms with E-state index in [1.54, 1.807) is 4.57 Å². The highest BCUT2D eigenvalue weighted by Crippen LogP contribution is 2.30. The van der Waals surface area contributed by atoms with Crippen LogP contribution in [0.25, 0.3) is 0 Å². The van der Waals surface area contributed by atoms with E-state index in [9.17, 15) is 9.59 Å². The van der Waals surface area contributed by atoms with Crippen molar-refractivity contribution in [3.63, 3.8) is 0 Å². The minimum atomic E-state index is 0.0144. The van der Waals surface area contributed by atoms with Crippen molar-refractivity contribution in [1.82, 2.24) is 4.57 Å². The summed E-state index contributed by atoms with van der Waals surface area (Å²) in [5.41, 5.74) is 4.41. The molecule has 1 aliphatic rings. The van der Waals surface area contributed by atoms with Gasteiger partial charge in [-0.25, -0.2) is 0 Å². The standard InChI is InChI=1S/C17H20N2O2S/c1-12-5-3-6-14-7-4-9-19(16(12)14)15(20)8-10-18-13(2)11-22-17(18)21/h3,5-6,11H,4,7-10H2,1-2H3. The zero-order valence-corrected chi connectivity index (χ0v) is 13.8. The van der Waals surface area contributed by atoms with E-state index in [0.717, 1.165) is 36.3 Å². The first-order chi connectivity index (χ1) is 10.6. The van der Waals surface area contributed by atoms with Crippen molar-refractivity contribution in [3.8, 4) is 0 Å². The predicted octanol–water partition coefficient (Wildman–Crippen LogP) is 2.90. The van der Waals surface area contributed by atoms with Crippen LogP contribution in [0.1, 0.15) is 29.7 Å². The number of hydrogen-bond acceptors (Lipinski definition) is 3. The molecule has 0 radical (unpaired) electrons. The molecule has 0 atom stereocenters. The average Bonchev–Trinajstić information content (AvgIpc) is 2.83. The Morgan fingerprint density at radius 2 is 2.14 bits per heavy atom. The molecule has 0 saturated heterocycles. The minimum Gasteiger partial charge on any atom is -0.312 e. The van der Waals surface area contributed by atoms with E-state index in [4.69, 9.17) is 0 Å². The SMILES string of the molecule is Cc1cccc2c1N(C(=O)CCn1c(C)csc1=O)CCC2. The van der Waals surface area contributed by atoms with Crippen LogP contribution in [0.2, 0.25) is 0 Å². The molecule has 0 unspecified atom stereocenters. The topological polar surface area (TPSA) is 42.3 Å². The van der Waals surface area contributed by atoms with Gasteiger partial charge in [0.2, 0.25) is 5.91 Å². The zero-order valence-electron chi connectivity index (χ0n) is 13.0. The largest absolute Gasteiger partial charge is 0.312 e. The Morgan fingerprint density at radius 3 is 2.86 bits per heavy atom. The second kappa shape index (κ2) is 6.08. The maximum atomic E-state index is 12.6. The number of aromatic nitrogens is 1. The van der Waals surface area contributed by atoms with Gasteiger partial charge in [0.1, 0.15) is 0 Å². The van der Waals surface area contributed by atoms with E-state index in [2.05, 4.69) is 25.1 Å². The summed E-state index contributed by atoms with van der Waals surface area (Å²) in [6.45, 7) is 5.19. The van der Waals surface area contributed by atoms with Gasteiger partial charge in [-0.3, -0.25) is 9.59 Å². The summed E-state index contributed by atoms with van der Waals surface area (Å²) >= 11 is 1.19. The van der Waals surface area contributed by atoms with Crippen LogP contribution in [0.5, 0.6) is 0 Å². The number of aryl methyl sites for hydroxylation is 3. The fourth-order valence-electron chi connectivity index (χ4n) is 3.11. The zero-order chi connectivity index (χ0) is 15.7. The molecule has 1 aromatic heterocycles. The summed E-state index contributed by atoms with van der Waals surface area (Å²) < 4.78 is 1.69. The average molecular weight is 316 g/mol. The van der Waals surface area contributed by atoms with Crippen LogP contribution in [-0.4, -0.2) is 17.0 Å². The Bertz CT molecular complexity index is 760. The smallest absolute Gasteiger partial charge is 0.307 e. The molecule has 0 N–H and O–H groups in total. The summed E-state index contributed by atoms with van der Waals surface area (Å²) in [6.07, 6.45) is 2.40. The molecule has 5 heteroatoms. The highest BCUT2D eigenvalue weighted by Gasteiger charge is 2.23. The number of nitrogens with zero attached hydrogens (tertiary/aromatic N) is 2. The maximum Gasteiger partial charge on any atom is 0.307 e. The quantitative estimate of drug-likeness (QED) is 0.874.